The molecule has 6 aromatic rings. The fourth-order valence-corrected chi connectivity index (χ4v) is 4.56. The molecule has 3 aromatic heterocycles. The van der Waals surface area contributed by atoms with E-state index in [0.717, 1.165) is 20.9 Å². The number of fused-ring (bicyclic) bond motifs is 5. The van der Waals surface area contributed by atoms with Gasteiger partial charge in [-0.15, -0.1) is 0 Å². The van der Waals surface area contributed by atoms with Gasteiger partial charge in [0.2, 0.25) is 10.9 Å². The molecule has 35 heavy (non-hydrogen) atoms. The van der Waals surface area contributed by atoms with Crippen LogP contribution in [0.5, 0.6) is 0 Å². The minimum atomic E-state index is -0.921. The molecule has 0 fully saturated rings. The number of hydrogen-bond donors (Lipinski definition) is 2. The molecule has 0 atom stereocenters. The first-order chi connectivity index (χ1) is 16.8. The molecule has 2 N–H and O–H groups in total. The van der Waals surface area contributed by atoms with E-state index in [-0.39, 0.29) is 17.0 Å². The third-order valence-electron chi connectivity index (χ3n) is 6.24. The summed E-state index contributed by atoms with van der Waals surface area (Å²) in [6, 6.07) is 13.7. The largest absolute Gasteiger partial charge is 0.291 e. The van der Waals surface area contributed by atoms with Crippen molar-refractivity contribution in [2.24, 2.45) is 0 Å². The van der Waals surface area contributed by atoms with E-state index in [1.807, 2.05) is 0 Å². The van der Waals surface area contributed by atoms with Gasteiger partial charge in [-0.3, -0.25) is 34.6 Å². The van der Waals surface area contributed by atoms with Crippen LogP contribution in [0.2, 0.25) is 0 Å². The zero-order valence-electron chi connectivity index (χ0n) is 18.1. The first-order valence-corrected chi connectivity index (χ1v) is 10.5. The van der Waals surface area contributed by atoms with Gasteiger partial charge < -0.3 is 0 Å². The number of aryl methyl sites for hydroxylation is 1. The number of hydrogen-bond acceptors (Lipinski definition) is 8. The Balaban J connectivity index is 1.90. The van der Waals surface area contributed by atoms with Gasteiger partial charge in [-0.25, -0.2) is 14.4 Å². The van der Waals surface area contributed by atoms with Crippen molar-refractivity contribution in [3.05, 3.63) is 101 Å². The van der Waals surface area contributed by atoms with Crippen LogP contribution in [0.3, 0.4) is 0 Å². The Morgan fingerprint density at radius 1 is 0.800 bits per heavy atom. The second-order valence-corrected chi connectivity index (χ2v) is 8.13. The molecule has 0 aliphatic heterocycles. The van der Waals surface area contributed by atoms with Crippen LogP contribution in [0.25, 0.3) is 49.6 Å². The standard InChI is InChI=1S/C25H14N6O4/c1-11-6-2-3-7-12(11)22-28-17-15(24(34)30(22)10-26)19(32)18-16(20(17)33)25(35)31-21(27)13-8-4-5-9-14(13)23(31)29-18/h2-10,26-27H,1H3. The maximum atomic E-state index is 13.5. The van der Waals surface area contributed by atoms with Crippen LogP contribution >= 0.6 is 0 Å². The summed E-state index contributed by atoms with van der Waals surface area (Å²) in [7, 11) is 0. The van der Waals surface area contributed by atoms with Crippen LogP contribution in [0.1, 0.15) is 5.56 Å². The number of nitrogens with one attached hydrogen (secondary N) is 2. The van der Waals surface area contributed by atoms with Crippen LogP contribution in [0.15, 0.2) is 67.7 Å². The van der Waals surface area contributed by atoms with Crippen molar-refractivity contribution in [1.82, 2.24) is 18.9 Å². The van der Waals surface area contributed by atoms with Crippen molar-refractivity contribution >= 4 is 44.6 Å². The number of aromatic nitrogens is 4. The fourth-order valence-electron chi connectivity index (χ4n) is 4.56. The van der Waals surface area contributed by atoms with Gasteiger partial charge in [-0.1, -0.05) is 48.5 Å². The third-order valence-corrected chi connectivity index (χ3v) is 6.24. The molecular formula is C25H14N6O4. The second-order valence-electron chi connectivity index (χ2n) is 8.13. The average molecular weight is 462 g/mol. The van der Waals surface area contributed by atoms with E-state index < -0.39 is 43.8 Å². The average Bonchev–Trinajstić information content (AvgIpc) is 3.14. The SMILES string of the molecule is Cc1ccccc1-c1nc2c(=O)c3c(=O)n4c(=N)c5ccccc5c4nc3c(=O)c2c(=O)n1C=N. The maximum Gasteiger partial charge on any atom is 0.271 e. The first-order valence-electron chi connectivity index (χ1n) is 10.5. The molecule has 10 nitrogen and oxygen atoms in total. The molecule has 0 spiro atoms. The molecule has 6 rings (SSSR count). The van der Waals surface area contributed by atoms with Crippen molar-refractivity contribution in [1.29, 1.82) is 10.8 Å². The maximum absolute atomic E-state index is 13.5. The van der Waals surface area contributed by atoms with Crippen molar-refractivity contribution in [2.45, 2.75) is 6.92 Å². The lowest BCUT2D eigenvalue weighted by Crippen LogP contribution is -2.34. The minimum Gasteiger partial charge on any atom is -0.291 e. The van der Waals surface area contributed by atoms with E-state index in [2.05, 4.69) is 9.97 Å². The zero-order valence-corrected chi connectivity index (χ0v) is 18.1. The minimum absolute atomic E-state index is 0.000759. The Kier molecular flexibility index (Phi) is 4.06. The van der Waals surface area contributed by atoms with Gasteiger partial charge >= 0.3 is 0 Å². The Labute approximate surface area is 193 Å². The summed E-state index contributed by atoms with van der Waals surface area (Å²) >= 11 is 0. The predicted octanol–water partition coefficient (Wildman–Crippen LogP) is 1.22. The summed E-state index contributed by atoms with van der Waals surface area (Å²) in [4.78, 5) is 62.4. The molecule has 3 heterocycles. The van der Waals surface area contributed by atoms with Crippen molar-refractivity contribution in [3.8, 4) is 11.4 Å². The van der Waals surface area contributed by atoms with Gasteiger partial charge in [0.25, 0.3) is 11.1 Å². The molecule has 10 heteroatoms. The van der Waals surface area contributed by atoms with E-state index in [1.165, 1.54) is 0 Å². The molecule has 3 aromatic carbocycles. The Morgan fingerprint density at radius 2 is 1.40 bits per heavy atom. The molecule has 0 amide bonds. The fraction of sp³-hybridized carbons (Fsp3) is 0.0400. The number of nitrogens with zero attached hydrogens (tertiary/aromatic N) is 4. The van der Waals surface area contributed by atoms with Crippen LogP contribution < -0.4 is 27.5 Å². The topological polar surface area (TPSA) is 151 Å². The highest BCUT2D eigenvalue weighted by molar-refractivity contribution is 6.00. The normalized spacial score (nSPS) is 11.7. The molecule has 0 aliphatic carbocycles. The van der Waals surface area contributed by atoms with E-state index in [4.69, 9.17) is 10.8 Å². The molecular weight excluding hydrogens is 448 g/mol. The summed E-state index contributed by atoms with van der Waals surface area (Å²) in [5.74, 6) is 0.000759. The number of rotatable bonds is 2. The van der Waals surface area contributed by atoms with Crippen molar-refractivity contribution < 1.29 is 0 Å². The van der Waals surface area contributed by atoms with Crippen LogP contribution in [0, 0.1) is 17.7 Å². The monoisotopic (exact) mass is 462 g/mol. The highest BCUT2D eigenvalue weighted by Crippen LogP contribution is 2.21. The lowest BCUT2D eigenvalue weighted by atomic mass is 10.1. The van der Waals surface area contributed by atoms with E-state index in [1.54, 1.807) is 55.5 Å². The Morgan fingerprint density at radius 3 is 2.09 bits per heavy atom. The van der Waals surface area contributed by atoms with Gasteiger partial charge in [0.15, 0.2) is 0 Å². The Hall–Kier alpha value is -5.12. The molecule has 0 bridgehead atoms. The summed E-state index contributed by atoms with van der Waals surface area (Å²) in [5.41, 5.74) is -3.42. The van der Waals surface area contributed by atoms with Gasteiger partial charge in [0.1, 0.15) is 38.8 Å². The quantitative estimate of drug-likeness (QED) is 0.224. The van der Waals surface area contributed by atoms with Gasteiger partial charge in [-0.05, 0) is 12.5 Å². The number of benzene rings is 3. The van der Waals surface area contributed by atoms with Gasteiger partial charge in [0.05, 0.1) is 6.34 Å². The third kappa shape index (κ3) is 2.53. The predicted molar refractivity (Wildman–Crippen MR) is 131 cm³/mol. The van der Waals surface area contributed by atoms with Crippen molar-refractivity contribution in [3.63, 3.8) is 0 Å². The lowest BCUT2D eigenvalue weighted by molar-refractivity contribution is 0.995. The highest BCUT2D eigenvalue weighted by Gasteiger charge is 2.24. The second kappa shape index (κ2) is 6.94. The molecule has 0 aliphatic rings. The zero-order chi connectivity index (χ0) is 24.6. The van der Waals surface area contributed by atoms with E-state index >= 15 is 0 Å². The van der Waals surface area contributed by atoms with E-state index in [0.29, 0.717) is 16.3 Å². The van der Waals surface area contributed by atoms with Crippen LogP contribution in [-0.4, -0.2) is 25.3 Å². The lowest BCUT2D eigenvalue weighted by Gasteiger charge is -2.11. The van der Waals surface area contributed by atoms with Crippen molar-refractivity contribution in [2.75, 3.05) is 0 Å². The first kappa shape index (κ1) is 20.5. The summed E-state index contributed by atoms with van der Waals surface area (Å²) in [6.07, 6.45) is 0.729. The van der Waals surface area contributed by atoms with Crippen LogP contribution in [0.4, 0.5) is 0 Å². The highest BCUT2D eigenvalue weighted by atomic mass is 16.2. The molecule has 0 saturated heterocycles. The molecule has 0 radical (unpaired) electrons. The van der Waals surface area contributed by atoms with E-state index in [9.17, 15) is 19.2 Å². The van der Waals surface area contributed by atoms with Gasteiger partial charge in [-0.2, -0.15) is 0 Å². The molecule has 168 valence electrons. The summed E-state index contributed by atoms with van der Waals surface area (Å²) in [6.45, 7) is 1.78. The molecule has 0 saturated carbocycles. The summed E-state index contributed by atoms with van der Waals surface area (Å²) < 4.78 is 1.88. The van der Waals surface area contributed by atoms with Gasteiger partial charge in [0, 0.05) is 16.3 Å². The van der Waals surface area contributed by atoms with Crippen LogP contribution in [-0.2, 0) is 0 Å². The Bertz CT molecular complexity index is 2200. The smallest absolute Gasteiger partial charge is 0.271 e. The summed E-state index contributed by atoms with van der Waals surface area (Å²) in [5, 5.41) is 16.0. The molecule has 0 unspecified atom stereocenters.